The third kappa shape index (κ3) is 6.53. The van der Waals surface area contributed by atoms with Crippen LogP contribution in [-0.4, -0.2) is 45.0 Å². The minimum atomic E-state index is -0.638. The molecule has 2 aromatic rings. The quantitative estimate of drug-likeness (QED) is 0.382. The number of carbonyl (C=O) groups excluding carboxylic acids is 2. The molecular weight excluding hydrogens is 366 g/mol. The Morgan fingerprint density at radius 3 is 2.48 bits per heavy atom. The summed E-state index contributed by atoms with van der Waals surface area (Å²) in [6.07, 6.45) is 0.822. The Kier molecular flexibility index (Phi) is 8.51. The van der Waals surface area contributed by atoms with E-state index in [4.69, 9.17) is 14.2 Å². The Balaban J connectivity index is 1.70. The number of amides is 1. The Morgan fingerprint density at radius 2 is 1.78 bits per heavy atom. The molecule has 0 aromatic heterocycles. The molecule has 1 N–H and O–H groups in total. The van der Waals surface area contributed by atoms with Crippen molar-refractivity contribution in [2.45, 2.75) is 11.3 Å². The third-order valence-corrected chi connectivity index (χ3v) is 4.71. The van der Waals surface area contributed by atoms with Crippen molar-refractivity contribution in [3.05, 3.63) is 54.1 Å². The molecule has 0 radical (unpaired) electrons. The zero-order chi connectivity index (χ0) is 19.5. The Morgan fingerprint density at radius 1 is 1.00 bits per heavy atom. The van der Waals surface area contributed by atoms with E-state index >= 15 is 0 Å². The van der Waals surface area contributed by atoms with Crippen LogP contribution in [-0.2, 0) is 9.53 Å². The van der Waals surface area contributed by atoms with Gasteiger partial charge < -0.3 is 19.5 Å². The van der Waals surface area contributed by atoms with E-state index in [1.54, 1.807) is 30.0 Å². The molecule has 7 heteroatoms. The van der Waals surface area contributed by atoms with Crippen molar-refractivity contribution in [3.63, 3.8) is 0 Å². The predicted octanol–water partition coefficient (Wildman–Crippen LogP) is 3.16. The predicted molar refractivity (Wildman–Crippen MR) is 105 cm³/mol. The van der Waals surface area contributed by atoms with Crippen molar-refractivity contribution in [1.29, 1.82) is 0 Å². The van der Waals surface area contributed by atoms with Crippen molar-refractivity contribution >= 4 is 23.6 Å². The smallest absolute Gasteiger partial charge is 0.342 e. The standard InChI is InChI=1S/C20H23NO5S/c1-24-17-11-6-10-16(19(17)25-2)20(23)26-14-18(22)21-12-7-13-27-15-8-4-3-5-9-15/h3-6,8-11H,7,12-14H2,1-2H3,(H,21,22). The van der Waals surface area contributed by atoms with Gasteiger partial charge in [-0.3, -0.25) is 4.79 Å². The largest absolute Gasteiger partial charge is 0.493 e. The number of esters is 1. The minimum Gasteiger partial charge on any atom is -0.493 e. The van der Waals surface area contributed by atoms with E-state index < -0.39 is 5.97 Å². The van der Waals surface area contributed by atoms with E-state index in [-0.39, 0.29) is 23.8 Å². The highest BCUT2D eigenvalue weighted by molar-refractivity contribution is 7.99. The summed E-state index contributed by atoms with van der Waals surface area (Å²) in [7, 11) is 2.92. The normalized spacial score (nSPS) is 10.1. The summed E-state index contributed by atoms with van der Waals surface area (Å²) in [5.41, 5.74) is 0.212. The maximum Gasteiger partial charge on any atom is 0.342 e. The highest BCUT2D eigenvalue weighted by Crippen LogP contribution is 2.31. The number of hydrogen-bond donors (Lipinski definition) is 1. The van der Waals surface area contributed by atoms with Crippen LogP contribution in [0.2, 0.25) is 0 Å². The van der Waals surface area contributed by atoms with Crippen molar-refractivity contribution in [2.75, 3.05) is 33.1 Å². The van der Waals surface area contributed by atoms with Crippen molar-refractivity contribution < 1.29 is 23.8 Å². The topological polar surface area (TPSA) is 73.9 Å². The van der Waals surface area contributed by atoms with Crippen molar-refractivity contribution in [3.8, 4) is 11.5 Å². The van der Waals surface area contributed by atoms with E-state index in [0.717, 1.165) is 12.2 Å². The number of ether oxygens (including phenoxy) is 3. The van der Waals surface area contributed by atoms with Crippen molar-refractivity contribution in [1.82, 2.24) is 5.32 Å². The van der Waals surface area contributed by atoms with Gasteiger partial charge in [0.1, 0.15) is 5.56 Å². The minimum absolute atomic E-state index is 0.212. The summed E-state index contributed by atoms with van der Waals surface area (Å²) in [5, 5.41) is 2.74. The second kappa shape index (κ2) is 11.1. The zero-order valence-corrected chi connectivity index (χ0v) is 16.2. The van der Waals surface area contributed by atoms with Crippen LogP contribution in [0.25, 0.3) is 0 Å². The third-order valence-electron chi connectivity index (χ3n) is 3.61. The van der Waals surface area contributed by atoms with Gasteiger partial charge >= 0.3 is 5.97 Å². The molecule has 1 amide bonds. The number of thioether (sulfide) groups is 1. The number of benzene rings is 2. The van der Waals surface area contributed by atoms with Crippen LogP contribution in [0.1, 0.15) is 16.8 Å². The van der Waals surface area contributed by atoms with Crippen LogP contribution in [0.5, 0.6) is 11.5 Å². The first-order valence-corrected chi connectivity index (χ1v) is 9.47. The van der Waals surface area contributed by atoms with Gasteiger partial charge in [0.25, 0.3) is 5.91 Å². The van der Waals surface area contributed by atoms with Gasteiger partial charge in [0, 0.05) is 11.4 Å². The van der Waals surface area contributed by atoms with Crippen LogP contribution < -0.4 is 14.8 Å². The average Bonchev–Trinajstić information content (AvgIpc) is 2.71. The summed E-state index contributed by atoms with van der Waals surface area (Å²) < 4.78 is 15.4. The zero-order valence-electron chi connectivity index (χ0n) is 15.4. The lowest BCUT2D eigenvalue weighted by Crippen LogP contribution is -2.29. The molecule has 6 nitrogen and oxygen atoms in total. The highest BCUT2D eigenvalue weighted by Gasteiger charge is 2.18. The number of methoxy groups -OCH3 is 2. The molecule has 0 aliphatic heterocycles. The van der Waals surface area contributed by atoms with E-state index in [2.05, 4.69) is 17.4 Å². The highest BCUT2D eigenvalue weighted by atomic mass is 32.2. The molecule has 0 heterocycles. The molecule has 2 rings (SSSR count). The molecule has 0 aliphatic rings. The Hall–Kier alpha value is -2.67. The lowest BCUT2D eigenvalue weighted by molar-refractivity contribution is -0.124. The van der Waals surface area contributed by atoms with E-state index in [0.29, 0.717) is 12.3 Å². The molecule has 0 bridgehead atoms. The van der Waals surface area contributed by atoms with Crippen LogP contribution in [0, 0.1) is 0 Å². The van der Waals surface area contributed by atoms with Gasteiger partial charge in [-0.2, -0.15) is 0 Å². The molecule has 0 spiro atoms. The van der Waals surface area contributed by atoms with Gasteiger partial charge in [-0.1, -0.05) is 24.3 Å². The van der Waals surface area contributed by atoms with Crippen LogP contribution in [0.15, 0.2) is 53.4 Å². The molecule has 27 heavy (non-hydrogen) atoms. The lowest BCUT2D eigenvalue weighted by Gasteiger charge is -2.12. The first-order valence-electron chi connectivity index (χ1n) is 8.48. The summed E-state index contributed by atoms with van der Waals surface area (Å²) in [6, 6.07) is 15.0. The first kappa shape index (κ1) is 20.6. The second-order valence-corrected chi connectivity index (χ2v) is 6.65. The fourth-order valence-electron chi connectivity index (χ4n) is 2.31. The number of hydrogen-bond acceptors (Lipinski definition) is 6. The molecular formula is C20H23NO5S. The van der Waals surface area contributed by atoms with Gasteiger partial charge in [-0.25, -0.2) is 4.79 Å². The first-order chi connectivity index (χ1) is 13.2. The monoisotopic (exact) mass is 389 g/mol. The summed E-state index contributed by atoms with van der Waals surface area (Å²) >= 11 is 1.73. The summed E-state index contributed by atoms with van der Waals surface area (Å²) in [4.78, 5) is 25.2. The van der Waals surface area contributed by atoms with E-state index in [1.807, 2.05) is 18.2 Å². The van der Waals surface area contributed by atoms with Gasteiger partial charge in [-0.05, 0) is 36.4 Å². The fourth-order valence-corrected chi connectivity index (χ4v) is 3.19. The SMILES string of the molecule is COc1cccc(C(=O)OCC(=O)NCCCSc2ccccc2)c1OC. The maximum absolute atomic E-state index is 12.2. The number of nitrogens with one attached hydrogen (secondary N) is 1. The van der Waals surface area contributed by atoms with Gasteiger partial charge in [0.15, 0.2) is 18.1 Å². The number of para-hydroxylation sites is 1. The Labute approximate surface area is 163 Å². The van der Waals surface area contributed by atoms with E-state index in [9.17, 15) is 9.59 Å². The molecule has 0 atom stereocenters. The Bertz CT molecular complexity index is 751. The van der Waals surface area contributed by atoms with Gasteiger partial charge in [0.05, 0.1) is 14.2 Å². The molecule has 0 unspecified atom stereocenters. The van der Waals surface area contributed by atoms with Crippen molar-refractivity contribution in [2.24, 2.45) is 0 Å². The molecule has 144 valence electrons. The summed E-state index contributed by atoms with van der Waals surface area (Å²) in [6.45, 7) is 0.184. The van der Waals surface area contributed by atoms with Crippen LogP contribution in [0.4, 0.5) is 0 Å². The van der Waals surface area contributed by atoms with E-state index in [1.165, 1.54) is 19.1 Å². The van der Waals surface area contributed by atoms with Gasteiger partial charge in [-0.15, -0.1) is 11.8 Å². The molecule has 0 fully saturated rings. The maximum atomic E-state index is 12.2. The van der Waals surface area contributed by atoms with Gasteiger partial charge in [0.2, 0.25) is 0 Å². The average molecular weight is 389 g/mol. The lowest BCUT2D eigenvalue weighted by atomic mass is 10.2. The number of rotatable bonds is 10. The van der Waals surface area contributed by atoms with Crippen LogP contribution in [0.3, 0.4) is 0 Å². The van der Waals surface area contributed by atoms with Crippen LogP contribution >= 0.6 is 11.8 Å². The molecule has 0 saturated heterocycles. The number of carbonyl (C=O) groups is 2. The fraction of sp³-hybridized carbons (Fsp3) is 0.300. The molecule has 2 aromatic carbocycles. The molecule has 0 saturated carbocycles. The summed E-state index contributed by atoms with van der Waals surface area (Å²) in [5.74, 6) is 0.622. The second-order valence-electron chi connectivity index (χ2n) is 5.48. The molecule has 0 aliphatic carbocycles.